The van der Waals surface area contributed by atoms with Crippen molar-refractivity contribution in [2.75, 3.05) is 13.6 Å². The van der Waals surface area contributed by atoms with Crippen molar-refractivity contribution in [2.45, 2.75) is 39.8 Å². The highest BCUT2D eigenvalue weighted by molar-refractivity contribution is 5.90. The van der Waals surface area contributed by atoms with Crippen molar-refractivity contribution in [3.8, 4) is 0 Å². The number of likely N-dealkylation sites (N-methyl/N-ethyl adjacent to an activating group) is 1. The maximum Gasteiger partial charge on any atom is 0.143 e. The lowest BCUT2D eigenvalue weighted by molar-refractivity contribution is 0.205. The number of benzene rings is 1. The van der Waals surface area contributed by atoms with Gasteiger partial charge in [0.1, 0.15) is 5.76 Å². The molecule has 0 atom stereocenters. The van der Waals surface area contributed by atoms with Crippen molar-refractivity contribution >= 4 is 22.9 Å². The van der Waals surface area contributed by atoms with Gasteiger partial charge in [-0.1, -0.05) is 11.6 Å². The first-order valence-corrected chi connectivity index (χ1v) is 9.62. The Morgan fingerprint density at radius 2 is 1.96 bits per heavy atom. The van der Waals surface area contributed by atoms with Crippen LogP contribution in [0, 0.1) is 6.92 Å². The molecule has 0 N–H and O–H groups in total. The standard InChI is InChI=1S/C23H27N3O/c1-16(2)27-23(18-7-10-24-11-8-18)15-26-21-6-5-17(3)13-19(21)20-14-25(4)12-9-22(20)26/h5-8,10-11,13,15-16H,9,12,14H2,1-4H3/b23-15-. The normalized spacial score (nSPS) is 15.4. The van der Waals surface area contributed by atoms with Gasteiger partial charge in [-0.3, -0.25) is 4.98 Å². The molecule has 0 saturated carbocycles. The van der Waals surface area contributed by atoms with Gasteiger partial charge in [-0.05, 0) is 57.6 Å². The lowest BCUT2D eigenvalue weighted by Crippen LogP contribution is -2.26. The molecular formula is C23H27N3O. The van der Waals surface area contributed by atoms with Crippen molar-refractivity contribution in [3.63, 3.8) is 0 Å². The summed E-state index contributed by atoms with van der Waals surface area (Å²) in [6.07, 6.45) is 6.94. The fourth-order valence-corrected chi connectivity index (χ4v) is 3.85. The van der Waals surface area contributed by atoms with Gasteiger partial charge in [0, 0.05) is 48.5 Å². The predicted molar refractivity (Wildman–Crippen MR) is 111 cm³/mol. The first-order valence-electron chi connectivity index (χ1n) is 9.62. The van der Waals surface area contributed by atoms with Crippen LogP contribution in [0.1, 0.15) is 36.2 Å². The SMILES string of the molecule is Cc1ccc2c(c1)c1c(n2/C=C(\OC(C)C)c2ccncc2)CCN(C)C1. The number of hydrogen-bond acceptors (Lipinski definition) is 3. The zero-order valence-corrected chi connectivity index (χ0v) is 16.6. The molecule has 0 radical (unpaired) electrons. The van der Waals surface area contributed by atoms with Gasteiger partial charge in [-0.15, -0.1) is 0 Å². The number of aromatic nitrogens is 2. The summed E-state index contributed by atoms with van der Waals surface area (Å²) < 4.78 is 8.54. The van der Waals surface area contributed by atoms with Crippen LogP contribution >= 0.6 is 0 Å². The summed E-state index contributed by atoms with van der Waals surface area (Å²) in [4.78, 5) is 6.54. The summed E-state index contributed by atoms with van der Waals surface area (Å²) >= 11 is 0. The van der Waals surface area contributed by atoms with Crippen LogP contribution in [0.5, 0.6) is 0 Å². The van der Waals surface area contributed by atoms with E-state index >= 15 is 0 Å². The van der Waals surface area contributed by atoms with Crippen LogP contribution in [0.25, 0.3) is 22.9 Å². The number of rotatable bonds is 4. The Hall–Kier alpha value is -2.59. The van der Waals surface area contributed by atoms with E-state index in [1.165, 1.54) is 27.7 Å². The Bertz CT molecular complexity index is 986. The molecule has 27 heavy (non-hydrogen) atoms. The van der Waals surface area contributed by atoms with Crippen molar-refractivity contribution in [1.29, 1.82) is 0 Å². The topological polar surface area (TPSA) is 30.3 Å². The molecule has 2 aromatic heterocycles. The van der Waals surface area contributed by atoms with Crippen LogP contribution in [0.2, 0.25) is 0 Å². The van der Waals surface area contributed by atoms with Gasteiger partial charge >= 0.3 is 0 Å². The quantitative estimate of drug-likeness (QED) is 0.630. The highest BCUT2D eigenvalue weighted by atomic mass is 16.5. The van der Waals surface area contributed by atoms with E-state index in [-0.39, 0.29) is 6.10 Å². The minimum absolute atomic E-state index is 0.107. The molecule has 0 saturated heterocycles. The minimum Gasteiger partial charge on any atom is -0.489 e. The predicted octanol–water partition coefficient (Wildman–Crippen LogP) is 4.71. The Balaban J connectivity index is 1.93. The first-order chi connectivity index (χ1) is 13.0. The zero-order valence-electron chi connectivity index (χ0n) is 16.6. The molecule has 1 aliphatic rings. The van der Waals surface area contributed by atoms with Crippen LogP contribution in [0.3, 0.4) is 0 Å². The molecule has 3 heterocycles. The van der Waals surface area contributed by atoms with Crippen LogP contribution in [0.15, 0.2) is 42.7 Å². The third-order valence-corrected chi connectivity index (χ3v) is 5.11. The van der Waals surface area contributed by atoms with Crippen LogP contribution < -0.4 is 0 Å². The van der Waals surface area contributed by atoms with Crippen molar-refractivity contribution in [2.24, 2.45) is 0 Å². The van der Waals surface area contributed by atoms with Gasteiger partial charge in [0.15, 0.2) is 0 Å². The van der Waals surface area contributed by atoms with E-state index in [2.05, 4.69) is 66.7 Å². The molecule has 0 bridgehead atoms. The van der Waals surface area contributed by atoms with E-state index in [1.54, 1.807) is 0 Å². The Labute approximate surface area is 161 Å². The number of pyridine rings is 1. The molecule has 0 amide bonds. The van der Waals surface area contributed by atoms with Crippen molar-refractivity contribution in [1.82, 2.24) is 14.5 Å². The average molecular weight is 361 g/mol. The molecule has 0 unspecified atom stereocenters. The molecule has 0 aliphatic carbocycles. The summed E-state index contributed by atoms with van der Waals surface area (Å²) in [6, 6.07) is 10.7. The lowest BCUT2D eigenvalue weighted by atomic mass is 10.0. The molecule has 3 aromatic rings. The van der Waals surface area contributed by atoms with Gasteiger partial charge in [0.2, 0.25) is 0 Å². The van der Waals surface area contributed by atoms with Gasteiger partial charge in [0.05, 0.1) is 17.8 Å². The maximum absolute atomic E-state index is 6.20. The van der Waals surface area contributed by atoms with Crippen LogP contribution in [-0.2, 0) is 17.7 Å². The number of hydrogen-bond donors (Lipinski definition) is 0. The number of fused-ring (bicyclic) bond motifs is 3. The van der Waals surface area contributed by atoms with Crippen LogP contribution in [-0.4, -0.2) is 34.1 Å². The van der Waals surface area contributed by atoms with E-state index < -0.39 is 0 Å². The minimum atomic E-state index is 0.107. The second-order valence-corrected chi connectivity index (χ2v) is 7.70. The number of nitrogens with zero attached hydrogens (tertiary/aromatic N) is 3. The van der Waals surface area contributed by atoms with Gasteiger partial charge < -0.3 is 14.2 Å². The van der Waals surface area contributed by atoms with Gasteiger partial charge in [-0.25, -0.2) is 0 Å². The maximum atomic E-state index is 6.20. The highest BCUT2D eigenvalue weighted by Crippen LogP contribution is 2.33. The van der Waals surface area contributed by atoms with Crippen molar-refractivity contribution < 1.29 is 4.74 Å². The molecule has 4 heteroatoms. The van der Waals surface area contributed by atoms with E-state index in [9.17, 15) is 0 Å². The first kappa shape index (κ1) is 17.8. The Morgan fingerprint density at radius 1 is 1.19 bits per heavy atom. The van der Waals surface area contributed by atoms with Gasteiger partial charge in [-0.2, -0.15) is 0 Å². The van der Waals surface area contributed by atoms with E-state index in [1.807, 2.05) is 24.5 Å². The highest BCUT2D eigenvalue weighted by Gasteiger charge is 2.22. The zero-order chi connectivity index (χ0) is 19.0. The molecule has 140 valence electrons. The molecule has 0 fully saturated rings. The largest absolute Gasteiger partial charge is 0.489 e. The van der Waals surface area contributed by atoms with Crippen molar-refractivity contribution in [3.05, 3.63) is 65.1 Å². The van der Waals surface area contributed by atoms with E-state index in [4.69, 9.17) is 4.74 Å². The third-order valence-electron chi connectivity index (χ3n) is 5.11. The Kier molecular flexibility index (Phi) is 4.75. The molecule has 0 spiro atoms. The summed E-state index contributed by atoms with van der Waals surface area (Å²) in [6.45, 7) is 8.36. The second-order valence-electron chi connectivity index (χ2n) is 7.70. The molecular weight excluding hydrogens is 334 g/mol. The summed E-state index contributed by atoms with van der Waals surface area (Å²) in [7, 11) is 2.20. The monoisotopic (exact) mass is 361 g/mol. The fourth-order valence-electron chi connectivity index (χ4n) is 3.85. The van der Waals surface area contributed by atoms with Gasteiger partial charge in [0.25, 0.3) is 0 Å². The number of aryl methyl sites for hydroxylation is 1. The van der Waals surface area contributed by atoms with E-state index in [0.717, 1.165) is 30.8 Å². The third kappa shape index (κ3) is 3.50. The average Bonchev–Trinajstić information content (AvgIpc) is 2.94. The molecule has 1 aliphatic heterocycles. The van der Waals surface area contributed by atoms with Crippen LogP contribution in [0.4, 0.5) is 0 Å². The fraction of sp³-hybridized carbons (Fsp3) is 0.348. The summed E-state index contributed by atoms with van der Waals surface area (Å²) in [5, 5.41) is 1.35. The van der Waals surface area contributed by atoms with E-state index in [0.29, 0.717) is 0 Å². The second kappa shape index (κ2) is 7.20. The molecule has 4 nitrogen and oxygen atoms in total. The lowest BCUT2D eigenvalue weighted by Gasteiger charge is -2.24. The Morgan fingerprint density at radius 3 is 2.70 bits per heavy atom. The molecule has 4 rings (SSSR count). The summed E-state index contributed by atoms with van der Waals surface area (Å²) in [5.41, 5.74) is 6.44. The smallest absolute Gasteiger partial charge is 0.143 e. The molecule has 1 aromatic carbocycles. The summed E-state index contributed by atoms with van der Waals surface area (Å²) in [5.74, 6) is 0.881. The number of ether oxygens (including phenoxy) is 1.